The first kappa shape index (κ1) is 43.9. The molecule has 0 spiro atoms. The van der Waals surface area contributed by atoms with Crippen LogP contribution in [0, 0.1) is 11.3 Å². The van der Waals surface area contributed by atoms with Crippen molar-refractivity contribution in [1.29, 1.82) is 5.26 Å². The number of hydrogen-bond donors (Lipinski definition) is 0. The molecule has 1 unspecified atom stereocenters. The molecule has 1 atom stereocenters. The van der Waals surface area contributed by atoms with Crippen LogP contribution in [0.5, 0.6) is 11.5 Å². The van der Waals surface area contributed by atoms with Gasteiger partial charge in [0.1, 0.15) is 11.5 Å². The topological polar surface area (TPSA) is 57.9 Å². The molecule has 0 amide bonds. The minimum Gasteiger partial charge on any atom is -1.00 e. The van der Waals surface area contributed by atoms with Gasteiger partial charge in [0.15, 0.2) is 0 Å². The van der Waals surface area contributed by atoms with E-state index in [-0.39, 0.29) is 40.6 Å². The molecule has 1 heterocycles. The SMILES string of the molecule is C1=Cc2ccccc2SN=C1.CCCCCCCCCCCCC(C#N)(CCCN(C)CCc1cccc(OC)c1)c1cccc(OC)c1.[Ca+2].[H-].[H-]. The summed E-state index contributed by atoms with van der Waals surface area (Å²) in [5.41, 5.74) is 3.19. The first-order valence-electron chi connectivity index (χ1n) is 18.4. The molecule has 0 fully saturated rings. The monoisotopic (exact) mass is 723 g/mol. The molecule has 0 saturated carbocycles. The second-order valence-corrected chi connectivity index (χ2v) is 13.9. The Balaban J connectivity index is 0.00000157. The van der Waals surface area contributed by atoms with Gasteiger partial charge in [0, 0.05) is 29.6 Å². The number of allylic oxidation sites excluding steroid dienone is 1. The zero-order valence-corrected chi connectivity index (χ0v) is 34.3. The van der Waals surface area contributed by atoms with Crippen LogP contribution in [-0.2, 0) is 11.8 Å². The van der Waals surface area contributed by atoms with Crippen molar-refractivity contribution in [3.63, 3.8) is 0 Å². The maximum absolute atomic E-state index is 10.5. The van der Waals surface area contributed by atoms with E-state index in [0.717, 1.165) is 62.3 Å². The fourth-order valence-corrected chi connectivity index (χ4v) is 6.93. The summed E-state index contributed by atoms with van der Waals surface area (Å²) in [5, 5.41) is 10.5. The molecule has 7 heteroatoms. The van der Waals surface area contributed by atoms with Gasteiger partial charge in [-0.25, -0.2) is 4.40 Å². The summed E-state index contributed by atoms with van der Waals surface area (Å²) in [6.45, 7) is 4.24. The number of unbranched alkanes of at least 4 members (excludes halogenated alkanes) is 9. The van der Waals surface area contributed by atoms with Crippen LogP contribution in [0.25, 0.3) is 6.08 Å². The number of likely N-dealkylation sites (N-methyl/N-ethyl adjacent to an activating group) is 1. The van der Waals surface area contributed by atoms with Crippen molar-refractivity contribution in [2.45, 2.75) is 107 Å². The van der Waals surface area contributed by atoms with Crippen molar-refractivity contribution in [1.82, 2.24) is 4.90 Å². The summed E-state index contributed by atoms with van der Waals surface area (Å²) in [5.74, 6) is 1.75. The number of nitrogens with zero attached hydrogens (tertiary/aromatic N) is 3. The van der Waals surface area contributed by atoms with E-state index in [0.29, 0.717) is 0 Å². The van der Waals surface area contributed by atoms with Gasteiger partial charge in [0.05, 0.1) is 25.7 Å². The van der Waals surface area contributed by atoms with Gasteiger partial charge in [-0.15, -0.1) is 0 Å². The summed E-state index contributed by atoms with van der Waals surface area (Å²) in [7, 11) is 5.60. The quantitative estimate of drug-likeness (QED) is 0.0622. The fraction of sp³-hybridized carbons (Fsp3) is 0.488. The van der Waals surface area contributed by atoms with Crippen LogP contribution >= 0.6 is 11.9 Å². The molecule has 50 heavy (non-hydrogen) atoms. The van der Waals surface area contributed by atoms with Crippen LogP contribution in [0.15, 0.2) is 88.2 Å². The first-order chi connectivity index (χ1) is 24.0. The molecule has 0 N–H and O–H groups in total. The maximum atomic E-state index is 10.5. The summed E-state index contributed by atoms with van der Waals surface area (Å²) >= 11 is 1.52. The molecule has 0 saturated heterocycles. The Kier molecular flexibility index (Phi) is 23.3. The third kappa shape index (κ3) is 16.4. The predicted octanol–water partition coefficient (Wildman–Crippen LogP) is 11.4. The van der Waals surface area contributed by atoms with Gasteiger partial charge >= 0.3 is 37.7 Å². The van der Waals surface area contributed by atoms with Crippen molar-refractivity contribution in [3.05, 3.63) is 95.6 Å². The van der Waals surface area contributed by atoms with Crippen molar-refractivity contribution in [2.24, 2.45) is 4.40 Å². The fourth-order valence-electron chi connectivity index (χ4n) is 6.31. The summed E-state index contributed by atoms with van der Waals surface area (Å²) in [6, 6.07) is 27.5. The minimum absolute atomic E-state index is 0. The molecular formula is C43H61CaN3O2S. The number of fused-ring (bicyclic) bond motifs is 1. The van der Waals surface area contributed by atoms with Crippen LogP contribution in [0.2, 0.25) is 0 Å². The molecular weight excluding hydrogens is 663 g/mol. The van der Waals surface area contributed by atoms with Crippen molar-refractivity contribution in [2.75, 3.05) is 34.4 Å². The summed E-state index contributed by atoms with van der Waals surface area (Å²) < 4.78 is 15.0. The Hall–Kier alpha value is -2.27. The van der Waals surface area contributed by atoms with E-state index in [1.165, 1.54) is 85.8 Å². The second kappa shape index (κ2) is 26.5. The zero-order valence-electron chi connectivity index (χ0n) is 33.2. The molecule has 1 aliphatic heterocycles. The predicted molar refractivity (Wildman–Crippen MR) is 218 cm³/mol. The summed E-state index contributed by atoms with van der Waals surface area (Å²) in [4.78, 5) is 3.60. The molecule has 0 aromatic heterocycles. The molecule has 3 aromatic rings. The van der Waals surface area contributed by atoms with Crippen LogP contribution in [0.4, 0.5) is 0 Å². The van der Waals surface area contributed by atoms with E-state index >= 15 is 0 Å². The third-order valence-corrected chi connectivity index (χ3v) is 10.1. The second-order valence-electron chi connectivity index (χ2n) is 13.1. The maximum Gasteiger partial charge on any atom is 2.00 e. The number of methoxy groups -OCH3 is 2. The first-order valence-corrected chi connectivity index (χ1v) is 19.1. The van der Waals surface area contributed by atoms with E-state index in [4.69, 9.17) is 9.47 Å². The van der Waals surface area contributed by atoms with Gasteiger partial charge in [0.2, 0.25) is 0 Å². The number of rotatable bonds is 21. The molecule has 3 aromatic carbocycles. The Morgan fingerprint density at radius 2 is 1.42 bits per heavy atom. The molecule has 5 nitrogen and oxygen atoms in total. The molecule has 268 valence electrons. The van der Waals surface area contributed by atoms with E-state index in [1.54, 1.807) is 14.2 Å². The van der Waals surface area contributed by atoms with Gasteiger partial charge in [-0.2, -0.15) is 5.26 Å². The Morgan fingerprint density at radius 1 is 0.780 bits per heavy atom. The van der Waals surface area contributed by atoms with Gasteiger partial charge in [-0.05, 0) is 92.4 Å². The van der Waals surface area contributed by atoms with Gasteiger partial charge < -0.3 is 17.2 Å². The molecule has 0 radical (unpaired) electrons. The normalized spacial score (nSPS) is 12.8. The van der Waals surface area contributed by atoms with Crippen LogP contribution in [0.3, 0.4) is 0 Å². The number of nitriles is 1. The van der Waals surface area contributed by atoms with E-state index < -0.39 is 5.41 Å². The standard InChI is InChI=1S/C34H52N2O2.C9H7NS.Ca.2H/c1-5-6-7-8-9-10-11-12-13-14-23-34(29-35,31-19-16-21-33(28-31)38-4)24-17-25-36(2)26-22-30-18-15-20-32(27-30)37-3;1-2-6-9-8(4-1)5-3-7-10-11-9;;;/h15-16,18-21,27-28H,5-14,17,22-26H2,1-4H3;1-7H;;;/q;;+2;2*-1. The minimum atomic E-state index is -0.456. The van der Waals surface area contributed by atoms with Crippen molar-refractivity contribution < 1.29 is 12.3 Å². The Labute approximate surface area is 341 Å². The molecule has 0 bridgehead atoms. The van der Waals surface area contributed by atoms with Crippen LogP contribution in [0.1, 0.15) is 110 Å². The third-order valence-electron chi connectivity index (χ3n) is 9.35. The van der Waals surface area contributed by atoms with Crippen LogP contribution in [-0.4, -0.2) is 83.2 Å². The largest absolute Gasteiger partial charge is 2.00 e. The van der Waals surface area contributed by atoms with Gasteiger partial charge in [0.25, 0.3) is 0 Å². The van der Waals surface area contributed by atoms with Crippen molar-refractivity contribution in [3.8, 4) is 17.6 Å². The molecule has 1 aliphatic rings. The molecule has 0 aliphatic carbocycles. The Morgan fingerprint density at radius 3 is 2.12 bits per heavy atom. The van der Waals surface area contributed by atoms with E-state index in [2.05, 4.69) is 77.9 Å². The van der Waals surface area contributed by atoms with E-state index in [1.807, 2.05) is 42.6 Å². The molecule has 4 rings (SSSR count). The Bertz CT molecular complexity index is 1470. The number of benzene rings is 3. The summed E-state index contributed by atoms with van der Waals surface area (Å²) in [6.07, 6.45) is 22.7. The average Bonchev–Trinajstić information content (AvgIpc) is 3.40. The van der Waals surface area contributed by atoms with Gasteiger partial charge in [-0.3, -0.25) is 0 Å². The van der Waals surface area contributed by atoms with Crippen molar-refractivity contribution >= 4 is 62.0 Å². The smallest absolute Gasteiger partial charge is 1.00 e. The van der Waals surface area contributed by atoms with Crippen LogP contribution < -0.4 is 9.47 Å². The zero-order chi connectivity index (χ0) is 35.0. The average molecular weight is 724 g/mol. The van der Waals surface area contributed by atoms with E-state index in [9.17, 15) is 5.26 Å². The number of hydrogen-bond acceptors (Lipinski definition) is 6. The van der Waals surface area contributed by atoms with Gasteiger partial charge in [-0.1, -0.05) is 120 Å². The number of ether oxygens (including phenoxy) is 2.